The number of thiocarbonyl (C=S) groups is 1. The van der Waals surface area contributed by atoms with Gasteiger partial charge in [0.25, 0.3) is 5.91 Å². The number of halogens is 5. The number of alkyl halides is 3. The van der Waals surface area contributed by atoms with E-state index >= 15 is 0 Å². The summed E-state index contributed by atoms with van der Waals surface area (Å²) in [6, 6.07) is 12.2. The Labute approximate surface area is 196 Å². The molecule has 0 heterocycles. The summed E-state index contributed by atoms with van der Waals surface area (Å²) in [6.45, 7) is 1.95. The standard InChI is InChI=1S/C17H14Cl4IN3OS/c1-9-8-12(22)6-7-13(9)23-16(27)25-15(17(19,20)21)24-14(26)10-2-4-11(18)5-3-10/h2-8,15H,1H3,(H,24,26)(H2,23,25,27). The first kappa shape index (κ1) is 22.8. The van der Waals surface area contributed by atoms with E-state index in [2.05, 4.69) is 38.5 Å². The first-order valence-electron chi connectivity index (χ1n) is 7.53. The predicted molar refractivity (Wildman–Crippen MR) is 126 cm³/mol. The molecular formula is C17H14Cl4IN3OS. The Kier molecular flexibility index (Phi) is 8.27. The van der Waals surface area contributed by atoms with Crippen molar-refractivity contribution in [2.75, 3.05) is 5.32 Å². The summed E-state index contributed by atoms with van der Waals surface area (Å²) in [7, 11) is 0. The average Bonchev–Trinajstić information content (AvgIpc) is 2.56. The summed E-state index contributed by atoms with van der Waals surface area (Å²) in [5.74, 6) is -0.441. The molecule has 0 radical (unpaired) electrons. The van der Waals surface area contributed by atoms with Gasteiger partial charge in [0.15, 0.2) is 5.11 Å². The van der Waals surface area contributed by atoms with Crippen LogP contribution in [-0.4, -0.2) is 21.0 Å². The minimum Gasteiger partial charge on any atom is -0.339 e. The van der Waals surface area contributed by atoms with Crippen molar-refractivity contribution >= 4 is 97.9 Å². The summed E-state index contributed by atoms with van der Waals surface area (Å²) in [5, 5.41) is 9.19. The minimum absolute atomic E-state index is 0.201. The van der Waals surface area contributed by atoms with Crippen molar-refractivity contribution in [1.29, 1.82) is 0 Å². The Bertz CT molecular complexity index is 843. The molecule has 4 nitrogen and oxygen atoms in total. The quantitative estimate of drug-likeness (QED) is 0.190. The van der Waals surface area contributed by atoms with Crippen LogP contribution in [0.3, 0.4) is 0 Å². The van der Waals surface area contributed by atoms with E-state index in [1.807, 2.05) is 25.1 Å². The molecule has 1 unspecified atom stereocenters. The molecule has 0 aliphatic heterocycles. The third-order valence-electron chi connectivity index (χ3n) is 3.42. The fourth-order valence-corrected chi connectivity index (χ4v) is 3.40. The summed E-state index contributed by atoms with van der Waals surface area (Å²) >= 11 is 31.3. The molecule has 0 aliphatic rings. The zero-order chi connectivity index (χ0) is 20.2. The fraction of sp³-hybridized carbons (Fsp3) is 0.176. The Morgan fingerprint density at radius 1 is 1.11 bits per heavy atom. The van der Waals surface area contributed by atoms with Gasteiger partial charge in [0.2, 0.25) is 3.79 Å². The van der Waals surface area contributed by atoms with Crippen LogP contribution in [0.15, 0.2) is 42.5 Å². The van der Waals surface area contributed by atoms with Crippen LogP contribution in [0.5, 0.6) is 0 Å². The number of benzene rings is 2. The molecule has 0 spiro atoms. The summed E-state index contributed by atoms with van der Waals surface area (Å²) < 4.78 is -0.738. The van der Waals surface area contributed by atoms with Crippen molar-refractivity contribution < 1.29 is 4.79 Å². The molecule has 1 atom stereocenters. The SMILES string of the molecule is Cc1cc(I)ccc1NC(=S)NC(NC(=O)c1ccc(Cl)cc1)C(Cl)(Cl)Cl. The van der Waals surface area contributed by atoms with Crippen molar-refractivity contribution in [1.82, 2.24) is 10.6 Å². The third kappa shape index (κ3) is 7.11. The Morgan fingerprint density at radius 3 is 2.30 bits per heavy atom. The predicted octanol–water partition coefficient (Wildman–Crippen LogP) is 5.67. The molecule has 27 heavy (non-hydrogen) atoms. The first-order chi connectivity index (χ1) is 12.6. The second-order valence-electron chi connectivity index (χ2n) is 5.51. The lowest BCUT2D eigenvalue weighted by Crippen LogP contribution is -2.56. The zero-order valence-electron chi connectivity index (χ0n) is 13.8. The fourth-order valence-electron chi connectivity index (χ4n) is 2.07. The topological polar surface area (TPSA) is 53.2 Å². The Morgan fingerprint density at radius 2 is 1.74 bits per heavy atom. The van der Waals surface area contributed by atoms with Crippen LogP contribution in [0.4, 0.5) is 5.69 Å². The number of nitrogens with one attached hydrogen (secondary N) is 3. The first-order valence-corrected chi connectivity index (χ1v) is 10.5. The summed E-state index contributed by atoms with van der Waals surface area (Å²) in [5.41, 5.74) is 2.18. The number of carbonyl (C=O) groups is 1. The van der Waals surface area contributed by atoms with Gasteiger partial charge in [0.05, 0.1) is 0 Å². The van der Waals surface area contributed by atoms with Gasteiger partial charge in [-0.05, 0) is 89.8 Å². The number of aryl methyl sites for hydroxylation is 1. The van der Waals surface area contributed by atoms with Crippen LogP contribution in [0.25, 0.3) is 0 Å². The maximum absolute atomic E-state index is 12.4. The van der Waals surface area contributed by atoms with Crippen molar-refractivity contribution in [3.05, 3.63) is 62.2 Å². The smallest absolute Gasteiger partial charge is 0.252 e. The highest BCUT2D eigenvalue weighted by atomic mass is 127. The zero-order valence-corrected chi connectivity index (χ0v) is 19.8. The van der Waals surface area contributed by atoms with E-state index in [9.17, 15) is 4.79 Å². The molecule has 0 saturated heterocycles. The van der Waals surface area contributed by atoms with Crippen LogP contribution in [0, 0.1) is 10.5 Å². The molecule has 1 amide bonds. The molecule has 0 fully saturated rings. The van der Waals surface area contributed by atoms with E-state index < -0.39 is 15.9 Å². The average molecular weight is 577 g/mol. The minimum atomic E-state index is -1.84. The van der Waals surface area contributed by atoms with E-state index in [0.29, 0.717) is 10.6 Å². The molecule has 144 valence electrons. The second-order valence-corrected chi connectivity index (χ2v) is 9.97. The van der Waals surface area contributed by atoms with Crippen molar-refractivity contribution in [3.63, 3.8) is 0 Å². The number of carbonyl (C=O) groups excluding carboxylic acids is 1. The molecule has 10 heteroatoms. The third-order valence-corrected chi connectivity index (χ3v) is 5.22. The number of hydrogen-bond donors (Lipinski definition) is 3. The van der Waals surface area contributed by atoms with Gasteiger partial charge in [-0.25, -0.2) is 0 Å². The molecule has 2 aromatic carbocycles. The van der Waals surface area contributed by atoms with Gasteiger partial charge in [0, 0.05) is 19.8 Å². The molecule has 2 aromatic rings. The lowest BCUT2D eigenvalue weighted by molar-refractivity contribution is 0.0934. The van der Waals surface area contributed by atoms with Crippen LogP contribution in [-0.2, 0) is 0 Å². The molecule has 0 saturated carbocycles. The normalized spacial score (nSPS) is 12.2. The van der Waals surface area contributed by atoms with E-state index in [0.717, 1.165) is 14.8 Å². The summed E-state index contributed by atoms with van der Waals surface area (Å²) in [6.07, 6.45) is -1.06. The van der Waals surface area contributed by atoms with E-state index in [-0.39, 0.29) is 5.11 Å². The highest BCUT2D eigenvalue weighted by molar-refractivity contribution is 14.1. The van der Waals surface area contributed by atoms with Crippen LogP contribution in [0.2, 0.25) is 5.02 Å². The number of rotatable bonds is 4. The number of anilines is 1. The maximum atomic E-state index is 12.4. The van der Waals surface area contributed by atoms with Gasteiger partial charge in [-0.3, -0.25) is 4.79 Å². The lowest BCUT2D eigenvalue weighted by Gasteiger charge is -2.28. The lowest BCUT2D eigenvalue weighted by atomic mass is 10.2. The molecular weight excluding hydrogens is 563 g/mol. The Hall–Kier alpha value is -0.510. The van der Waals surface area contributed by atoms with Gasteiger partial charge in [-0.1, -0.05) is 46.4 Å². The van der Waals surface area contributed by atoms with Gasteiger partial charge in [-0.2, -0.15) is 0 Å². The van der Waals surface area contributed by atoms with Crippen LogP contribution < -0.4 is 16.0 Å². The monoisotopic (exact) mass is 575 g/mol. The molecule has 0 aromatic heterocycles. The molecule has 0 bridgehead atoms. The maximum Gasteiger partial charge on any atom is 0.252 e. The number of amides is 1. The molecule has 3 N–H and O–H groups in total. The molecule has 2 rings (SSSR count). The highest BCUT2D eigenvalue weighted by Gasteiger charge is 2.35. The second kappa shape index (κ2) is 9.80. The van der Waals surface area contributed by atoms with E-state index in [1.54, 1.807) is 24.3 Å². The summed E-state index contributed by atoms with van der Waals surface area (Å²) in [4.78, 5) is 12.4. The van der Waals surface area contributed by atoms with Crippen molar-refractivity contribution in [2.45, 2.75) is 16.9 Å². The molecule has 0 aliphatic carbocycles. The van der Waals surface area contributed by atoms with Crippen molar-refractivity contribution in [2.24, 2.45) is 0 Å². The van der Waals surface area contributed by atoms with Crippen molar-refractivity contribution in [3.8, 4) is 0 Å². The highest BCUT2D eigenvalue weighted by Crippen LogP contribution is 2.29. The Balaban J connectivity index is 2.08. The van der Waals surface area contributed by atoms with Crippen LogP contribution >= 0.6 is 81.2 Å². The van der Waals surface area contributed by atoms with Gasteiger partial charge in [0.1, 0.15) is 6.17 Å². The van der Waals surface area contributed by atoms with E-state index in [4.69, 9.17) is 58.6 Å². The number of hydrogen-bond acceptors (Lipinski definition) is 2. The van der Waals surface area contributed by atoms with Gasteiger partial charge >= 0.3 is 0 Å². The largest absolute Gasteiger partial charge is 0.339 e. The van der Waals surface area contributed by atoms with Gasteiger partial charge in [-0.15, -0.1) is 0 Å². The van der Waals surface area contributed by atoms with Gasteiger partial charge < -0.3 is 16.0 Å². The van der Waals surface area contributed by atoms with Crippen LogP contribution in [0.1, 0.15) is 15.9 Å². The van der Waals surface area contributed by atoms with E-state index in [1.165, 1.54) is 0 Å².